The summed E-state index contributed by atoms with van der Waals surface area (Å²) in [6, 6.07) is 9.83. The van der Waals surface area contributed by atoms with Crippen LogP contribution in [0, 0.1) is 0 Å². The van der Waals surface area contributed by atoms with Gasteiger partial charge in [-0.25, -0.2) is 0 Å². The van der Waals surface area contributed by atoms with Crippen molar-refractivity contribution in [1.29, 1.82) is 0 Å². The Morgan fingerprint density at radius 3 is 2.59 bits per heavy atom. The van der Waals surface area contributed by atoms with Gasteiger partial charge in [0.1, 0.15) is 11.9 Å². The highest BCUT2D eigenvalue weighted by Crippen LogP contribution is 2.34. The van der Waals surface area contributed by atoms with Crippen molar-refractivity contribution in [3.8, 4) is 5.75 Å². The summed E-state index contributed by atoms with van der Waals surface area (Å²) in [7, 11) is 0. The van der Waals surface area contributed by atoms with Gasteiger partial charge in [-0.05, 0) is 88.5 Å². The van der Waals surface area contributed by atoms with Crippen molar-refractivity contribution in [3.05, 3.63) is 58.7 Å². The molecule has 1 amide bonds. The zero-order valence-electron chi connectivity index (χ0n) is 21.2. The average Bonchev–Trinajstić information content (AvgIpc) is 3.36. The van der Waals surface area contributed by atoms with Gasteiger partial charge in [-0.1, -0.05) is 17.7 Å². The average molecular weight is 525 g/mol. The zero-order valence-corrected chi connectivity index (χ0v) is 21.9. The van der Waals surface area contributed by atoms with Gasteiger partial charge in [-0.15, -0.1) is 0 Å². The van der Waals surface area contributed by atoms with Gasteiger partial charge >= 0.3 is 0 Å². The van der Waals surface area contributed by atoms with Gasteiger partial charge in [-0.2, -0.15) is 5.10 Å². The number of nitrogens with one attached hydrogen (secondary N) is 1. The number of carbonyl (C=O) groups is 2. The molecule has 1 aliphatic carbocycles. The highest BCUT2D eigenvalue weighted by atomic mass is 35.5. The van der Waals surface area contributed by atoms with Crippen LogP contribution in [0.4, 0.5) is 0 Å². The van der Waals surface area contributed by atoms with Crippen molar-refractivity contribution in [3.63, 3.8) is 0 Å². The Hall–Kier alpha value is -2.94. The lowest BCUT2D eigenvalue weighted by Gasteiger charge is -2.28. The first kappa shape index (κ1) is 25.7. The van der Waals surface area contributed by atoms with Gasteiger partial charge in [0.15, 0.2) is 0 Å². The summed E-state index contributed by atoms with van der Waals surface area (Å²) in [5.41, 5.74) is 1.75. The molecule has 37 heavy (non-hydrogen) atoms. The number of likely N-dealkylation sites (tertiary alicyclic amines) is 1. The second-order valence-electron chi connectivity index (χ2n) is 10.3. The van der Waals surface area contributed by atoms with Crippen molar-refractivity contribution in [2.75, 3.05) is 19.6 Å². The molecule has 196 valence electrons. The van der Waals surface area contributed by atoms with Gasteiger partial charge in [0.05, 0.1) is 28.9 Å². The molecule has 2 atom stereocenters. The van der Waals surface area contributed by atoms with Crippen molar-refractivity contribution in [1.82, 2.24) is 20.0 Å². The number of Topliss-reactive ketones (excluding diaryl/α,β-unsaturated/α-hetero) is 1. The summed E-state index contributed by atoms with van der Waals surface area (Å²) in [6.45, 7) is 6.27. The number of amides is 1. The van der Waals surface area contributed by atoms with Crippen LogP contribution >= 0.6 is 11.6 Å². The molecule has 1 aliphatic heterocycles. The molecule has 0 radical (unpaired) electrons. The predicted molar refractivity (Wildman–Crippen MR) is 142 cm³/mol. The Morgan fingerprint density at radius 1 is 1.16 bits per heavy atom. The van der Waals surface area contributed by atoms with Crippen LogP contribution in [-0.4, -0.2) is 63.3 Å². The van der Waals surface area contributed by atoms with E-state index in [1.165, 1.54) is 0 Å². The number of ketones is 1. The number of ether oxygens (including phenoxy) is 1. The van der Waals surface area contributed by atoms with E-state index < -0.39 is 23.8 Å². The highest BCUT2D eigenvalue weighted by molar-refractivity contribution is 6.43. The van der Waals surface area contributed by atoms with Crippen LogP contribution in [0.2, 0.25) is 5.02 Å². The fourth-order valence-corrected chi connectivity index (χ4v) is 5.07. The summed E-state index contributed by atoms with van der Waals surface area (Å²) in [5, 5.41) is 19.7. The Bertz CT molecular complexity index is 1300. The van der Waals surface area contributed by atoms with Crippen molar-refractivity contribution >= 4 is 34.2 Å². The molecule has 8 nitrogen and oxygen atoms in total. The lowest BCUT2D eigenvalue weighted by atomic mass is 10.0. The van der Waals surface area contributed by atoms with E-state index in [2.05, 4.69) is 15.3 Å². The molecule has 2 heterocycles. The number of rotatable bonds is 10. The van der Waals surface area contributed by atoms with Crippen LogP contribution in [-0.2, 0) is 4.79 Å². The maximum Gasteiger partial charge on any atom is 0.292 e. The maximum atomic E-state index is 13.1. The molecule has 2 unspecified atom stereocenters. The van der Waals surface area contributed by atoms with E-state index in [-0.39, 0.29) is 17.7 Å². The minimum atomic E-state index is -1.04. The quantitative estimate of drug-likeness (QED) is 0.303. The maximum absolute atomic E-state index is 13.1. The molecule has 3 aromatic rings. The van der Waals surface area contributed by atoms with Crippen LogP contribution in [0.25, 0.3) is 10.9 Å². The summed E-state index contributed by atoms with van der Waals surface area (Å²) < 4.78 is 7.68. The van der Waals surface area contributed by atoms with E-state index >= 15 is 0 Å². The number of fused-ring (bicyclic) bond motifs is 1. The number of aliphatic hydroxyl groups excluding tert-OH is 1. The second-order valence-corrected chi connectivity index (χ2v) is 10.7. The number of aromatic nitrogens is 2. The van der Waals surface area contributed by atoms with E-state index in [4.69, 9.17) is 16.3 Å². The normalized spacial score (nSPS) is 17.8. The molecule has 1 aromatic heterocycles. The molecular weight excluding hydrogens is 492 g/mol. The van der Waals surface area contributed by atoms with Crippen molar-refractivity contribution in [2.24, 2.45) is 0 Å². The molecule has 1 saturated heterocycles. The predicted octanol–water partition coefficient (Wildman–Crippen LogP) is 4.31. The summed E-state index contributed by atoms with van der Waals surface area (Å²) in [4.78, 5) is 28.4. The Labute approximate surface area is 221 Å². The second kappa shape index (κ2) is 10.8. The van der Waals surface area contributed by atoms with Crippen molar-refractivity contribution < 1.29 is 19.4 Å². The third-order valence-corrected chi connectivity index (χ3v) is 7.32. The monoisotopic (exact) mass is 524 g/mol. The number of halogens is 1. The molecular formula is C28H33ClN4O4. The number of nitrogens with zero attached hydrogens (tertiary/aromatic N) is 3. The fourth-order valence-electron chi connectivity index (χ4n) is 4.83. The number of benzene rings is 2. The summed E-state index contributed by atoms with van der Waals surface area (Å²) in [6.07, 6.45) is 5.04. The molecule has 0 spiro atoms. The number of carbonyl (C=O) groups excluding carboxylic acids is 2. The summed E-state index contributed by atoms with van der Waals surface area (Å²) >= 11 is 6.43. The first-order chi connectivity index (χ1) is 17.8. The van der Waals surface area contributed by atoms with Crippen LogP contribution in [0.5, 0.6) is 5.75 Å². The fraction of sp³-hybridized carbons (Fsp3) is 0.464. The SMILES string of the molecule is CC(C)n1ncc2cc(C(=O)C(=O)NC(CN3CCCC3)C(O)c3ccc(OC4CC4)c(Cl)c3)ccc21. The zero-order chi connectivity index (χ0) is 26.1. The van der Waals surface area contributed by atoms with E-state index in [0.717, 1.165) is 49.7 Å². The summed E-state index contributed by atoms with van der Waals surface area (Å²) in [5.74, 6) is -0.811. The molecule has 2 aromatic carbocycles. The Balaban J connectivity index is 1.33. The van der Waals surface area contributed by atoms with Gasteiger partial charge in [-0.3, -0.25) is 14.3 Å². The highest BCUT2D eigenvalue weighted by Gasteiger charge is 2.30. The van der Waals surface area contributed by atoms with Gasteiger partial charge < -0.3 is 20.1 Å². The number of hydrogen-bond acceptors (Lipinski definition) is 6. The Kier molecular flexibility index (Phi) is 7.51. The smallest absolute Gasteiger partial charge is 0.292 e. The Morgan fingerprint density at radius 2 is 1.92 bits per heavy atom. The van der Waals surface area contributed by atoms with Gasteiger partial charge in [0.2, 0.25) is 5.78 Å². The first-order valence-corrected chi connectivity index (χ1v) is 13.4. The third kappa shape index (κ3) is 5.81. The van der Waals surface area contributed by atoms with Crippen LogP contribution in [0.3, 0.4) is 0 Å². The van der Waals surface area contributed by atoms with E-state index in [1.54, 1.807) is 36.5 Å². The molecule has 1 saturated carbocycles. The standard InChI is InChI=1S/C28H33ClN4O4/c1-17(2)33-24-9-5-18(13-20(24)15-30-33)27(35)28(36)31-23(16-32-11-3-4-12-32)26(34)19-6-10-25(22(29)14-19)37-21-7-8-21/h5-6,9-10,13-15,17,21,23,26,34H,3-4,7-8,11-12,16H2,1-2H3,(H,31,36). The number of aliphatic hydroxyl groups is 1. The van der Waals surface area contributed by atoms with Gasteiger partial charge in [0, 0.05) is 23.5 Å². The molecule has 2 fully saturated rings. The lowest BCUT2D eigenvalue weighted by molar-refractivity contribution is -0.118. The first-order valence-electron chi connectivity index (χ1n) is 13.0. The van der Waals surface area contributed by atoms with Crippen LogP contribution < -0.4 is 10.1 Å². The minimum absolute atomic E-state index is 0.179. The van der Waals surface area contributed by atoms with E-state index in [1.807, 2.05) is 24.6 Å². The largest absolute Gasteiger partial charge is 0.489 e. The molecule has 0 bridgehead atoms. The molecule has 5 rings (SSSR count). The van der Waals surface area contributed by atoms with Gasteiger partial charge in [0.25, 0.3) is 5.91 Å². The van der Waals surface area contributed by atoms with E-state index in [9.17, 15) is 14.7 Å². The third-order valence-electron chi connectivity index (χ3n) is 7.02. The van der Waals surface area contributed by atoms with Crippen LogP contribution in [0.15, 0.2) is 42.6 Å². The number of hydrogen-bond donors (Lipinski definition) is 2. The molecule has 2 aliphatic rings. The lowest BCUT2D eigenvalue weighted by Crippen LogP contribution is -2.48. The molecule has 2 N–H and O–H groups in total. The van der Waals surface area contributed by atoms with Crippen LogP contribution in [0.1, 0.15) is 67.6 Å². The van der Waals surface area contributed by atoms with E-state index in [0.29, 0.717) is 22.9 Å². The van der Waals surface area contributed by atoms with Crippen molar-refractivity contribution in [2.45, 2.75) is 63.8 Å². The molecule has 9 heteroatoms. The minimum Gasteiger partial charge on any atom is -0.489 e. The topological polar surface area (TPSA) is 96.7 Å².